The van der Waals surface area contributed by atoms with Crippen LogP contribution in [0.3, 0.4) is 0 Å². The summed E-state index contributed by atoms with van der Waals surface area (Å²) in [5, 5.41) is 7.14. The van der Waals surface area contributed by atoms with Crippen molar-refractivity contribution in [2.75, 3.05) is 5.32 Å². The number of rotatable bonds is 5. The van der Waals surface area contributed by atoms with Gasteiger partial charge in [0.15, 0.2) is 5.13 Å². The van der Waals surface area contributed by atoms with Crippen LogP contribution in [0.5, 0.6) is 0 Å². The third-order valence-corrected chi connectivity index (χ3v) is 5.16. The van der Waals surface area contributed by atoms with Crippen molar-refractivity contribution in [1.29, 1.82) is 0 Å². The first-order valence-electron chi connectivity index (χ1n) is 8.59. The number of amides is 1. The predicted octanol–water partition coefficient (Wildman–Crippen LogP) is 4.03. The van der Waals surface area contributed by atoms with E-state index in [1.54, 1.807) is 31.4 Å². The smallest absolute Gasteiger partial charge is 0.275 e. The highest BCUT2D eigenvalue weighted by atomic mass is 32.1. The number of aryl methyl sites for hydroxylation is 1. The highest BCUT2D eigenvalue weighted by molar-refractivity contribution is 7.18. The molecule has 0 aliphatic carbocycles. The number of aromatic nitrogens is 3. The van der Waals surface area contributed by atoms with Gasteiger partial charge in [0.2, 0.25) is 5.78 Å². The second-order valence-electron chi connectivity index (χ2n) is 6.05. The average Bonchev–Trinajstić information content (AvgIpc) is 3.35. The zero-order valence-electron chi connectivity index (χ0n) is 15.0. The first-order valence-corrected chi connectivity index (χ1v) is 9.40. The van der Waals surface area contributed by atoms with Crippen LogP contribution in [-0.2, 0) is 7.05 Å². The Kier molecular flexibility index (Phi) is 4.82. The van der Waals surface area contributed by atoms with Gasteiger partial charge >= 0.3 is 0 Å². The van der Waals surface area contributed by atoms with E-state index < -0.39 is 0 Å². The minimum absolute atomic E-state index is 0.127. The van der Waals surface area contributed by atoms with E-state index in [1.165, 1.54) is 16.0 Å². The van der Waals surface area contributed by atoms with Gasteiger partial charge in [-0.25, -0.2) is 4.98 Å². The lowest BCUT2D eigenvalue weighted by molar-refractivity contribution is 0.101. The summed E-state index contributed by atoms with van der Waals surface area (Å²) in [4.78, 5) is 30.6. The van der Waals surface area contributed by atoms with Gasteiger partial charge in [-0.15, -0.1) is 0 Å². The van der Waals surface area contributed by atoms with Crippen LogP contribution in [0.4, 0.5) is 5.13 Å². The number of carbonyl (C=O) groups excluding carboxylic acids is 2. The van der Waals surface area contributed by atoms with E-state index in [9.17, 15) is 9.59 Å². The number of thiazole rings is 1. The molecule has 0 saturated carbocycles. The normalized spacial score (nSPS) is 10.6. The zero-order chi connectivity index (χ0) is 19.5. The molecule has 1 amide bonds. The number of hydrogen-bond donors (Lipinski definition) is 1. The van der Waals surface area contributed by atoms with Crippen molar-refractivity contribution in [3.05, 3.63) is 89.1 Å². The van der Waals surface area contributed by atoms with Gasteiger partial charge in [-0.3, -0.25) is 19.6 Å². The molecule has 7 heteroatoms. The molecule has 2 aromatic carbocycles. The van der Waals surface area contributed by atoms with Gasteiger partial charge in [-0.2, -0.15) is 5.10 Å². The molecule has 28 heavy (non-hydrogen) atoms. The Labute approximate surface area is 165 Å². The van der Waals surface area contributed by atoms with Crippen LogP contribution in [0.2, 0.25) is 0 Å². The molecule has 0 aliphatic rings. The highest BCUT2D eigenvalue weighted by Crippen LogP contribution is 2.33. The van der Waals surface area contributed by atoms with Crippen molar-refractivity contribution < 1.29 is 9.59 Å². The van der Waals surface area contributed by atoms with E-state index in [4.69, 9.17) is 0 Å². The second-order valence-corrected chi connectivity index (χ2v) is 7.05. The lowest BCUT2D eigenvalue weighted by Crippen LogP contribution is -2.15. The van der Waals surface area contributed by atoms with Crippen LogP contribution >= 0.6 is 11.3 Å². The number of benzene rings is 2. The molecule has 1 N–H and O–H groups in total. The van der Waals surface area contributed by atoms with Gasteiger partial charge in [-0.1, -0.05) is 72.0 Å². The summed E-state index contributed by atoms with van der Waals surface area (Å²) < 4.78 is 1.48. The van der Waals surface area contributed by atoms with Crippen LogP contribution in [0.15, 0.2) is 72.9 Å². The molecule has 6 nitrogen and oxygen atoms in total. The van der Waals surface area contributed by atoms with Crippen LogP contribution in [-0.4, -0.2) is 26.5 Å². The summed E-state index contributed by atoms with van der Waals surface area (Å²) >= 11 is 1.17. The molecule has 0 aliphatic heterocycles. The summed E-state index contributed by atoms with van der Waals surface area (Å²) in [6.07, 6.45) is 1.55. The van der Waals surface area contributed by atoms with E-state index in [0.29, 0.717) is 27.0 Å². The maximum absolute atomic E-state index is 13.1. The van der Waals surface area contributed by atoms with Crippen LogP contribution in [0.25, 0.3) is 11.3 Å². The first kappa shape index (κ1) is 17.8. The quantitative estimate of drug-likeness (QED) is 0.524. The average molecular weight is 388 g/mol. The van der Waals surface area contributed by atoms with Gasteiger partial charge in [0.1, 0.15) is 10.6 Å². The standard InChI is InChI=1S/C21H16N4O2S/c1-25-16(12-13-22-25)20(27)24-21-23-17(14-8-4-2-5-9-14)19(28-21)18(26)15-10-6-3-7-11-15/h2-13H,1H3,(H,23,24,27). The molecule has 138 valence electrons. The van der Waals surface area contributed by atoms with E-state index in [1.807, 2.05) is 48.5 Å². The Hall–Kier alpha value is -3.58. The van der Waals surface area contributed by atoms with Crippen molar-refractivity contribution >= 4 is 28.2 Å². The molecule has 0 radical (unpaired) electrons. The predicted molar refractivity (Wildman–Crippen MR) is 109 cm³/mol. The van der Waals surface area contributed by atoms with Gasteiger partial charge in [0.05, 0.1) is 5.69 Å². The number of carbonyl (C=O) groups is 2. The largest absolute Gasteiger partial charge is 0.296 e. The Bertz CT molecular complexity index is 1130. The van der Waals surface area contributed by atoms with Crippen molar-refractivity contribution in [2.24, 2.45) is 7.05 Å². The van der Waals surface area contributed by atoms with Crippen molar-refractivity contribution in [3.63, 3.8) is 0 Å². The number of anilines is 1. The Morgan fingerprint density at radius 3 is 2.29 bits per heavy atom. The molecule has 0 bridgehead atoms. The molecule has 2 aromatic heterocycles. The fourth-order valence-corrected chi connectivity index (χ4v) is 3.74. The fraction of sp³-hybridized carbons (Fsp3) is 0.0476. The van der Waals surface area contributed by atoms with Crippen molar-refractivity contribution in [2.45, 2.75) is 0 Å². The van der Waals surface area contributed by atoms with Crippen molar-refractivity contribution in [3.8, 4) is 11.3 Å². The SMILES string of the molecule is Cn1nccc1C(=O)Nc1nc(-c2ccccc2)c(C(=O)c2ccccc2)s1. The number of nitrogens with one attached hydrogen (secondary N) is 1. The molecule has 0 atom stereocenters. The minimum Gasteiger partial charge on any atom is -0.296 e. The van der Waals surface area contributed by atoms with Gasteiger partial charge in [0.25, 0.3) is 5.91 Å². The highest BCUT2D eigenvalue weighted by Gasteiger charge is 2.22. The van der Waals surface area contributed by atoms with E-state index in [-0.39, 0.29) is 11.7 Å². The summed E-state index contributed by atoms with van der Waals surface area (Å²) in [5.74, 6) is -0.454. The third-order valence-electron chi connectivity index (χ3n) is 4.19. The zero-order valence-corrected chi connectivity index (χ0v) is 15.8. The molecule has 2 heterocycles. The van der Waals surface area contributed by atoms with Gasteiger partial charge in [0, 0.05) is 24.4 Å². The summed E-state index contributed by atoms with van der Waals surface area (Å²) in [6, 6.07) is 20.1. The van der Waals surface area contributed by atoms with Gasteiger partial charge in [-0.05, 0) is 6.07 Å². The Balaban J connectivity index is 1.73. The Morgan fingerprint density at radius 2 is 1.64 bits per heavy atom. The maximum atomic E-state index is 13.1. The summed E-state index contributed by atoms with van der Waals surface area (Å²) in [7, 11) is 1.69. The molecule has 4 aromatic rings. The number of nitrogens with zero attached hydrogens (tertiary/aromatic N) is 3. The number of hydrogen-bond acceptors (Lipinski definition) is 5. The molecule has 0 unspecified atom stereocenters. The van der Waals surface area contributed by atoms with Crippen LogP contribution in [0.1, 0.15) is 25.7 Å². The summed E-state index contributed by atoms with van der Waals surface area (Å²) in [6.45, 7) is 0. The topological polar surface area (TPSA) is 76.9 Å². The van der Waals surface area contributed by atoms with E-state index >= 15 is 0 Å². The molecule has 0 fully saturated rings. The molecule has 0 saturated heterocycles. The maximum Gasteiger partial charge on any atom is 0.275 e. The van der Waals surface area contributed by atoms with E-state index in [0.717, 1.165) is 5.56 Å². The van der Waals surface area contributed by atoms with Crippen LogP contribution < -0.4 is 5.32 Å². The fourth-order valence-electron chi connectivity index (χ4n) is 2.80. The monoisotopic (exact) mass is 388 g/mol. The minimum atomic E-state index is -0.327. The lowest BCUT2D eigenvalue weighted by Gasteiger charge is -2.02. The van der Waals surface area contributed by atoms with E-state index in [2.05, 4.69) is 15.4 Å². The van der Waals surface area contributed by atoms with Crippen LogP contribution in [0, 0.1) is 0 Å². The lowest BCUT2D eigenvalue weighted by atomic mass is 10.1. The summed E-state index contributed by atoms with van der Waals surface area (Å²) in [5.41, 5.74) is 2.36. The molecule has 4 rings (SSSR count). The first-order chi connectivity index (χ1) is 13.6. The van der Waals surface area contributed by atoms with Crippen molar-refractivity contribution in [1.82, 2.24) is 14.8 Å². The third kappa shape index (κ3) is 3.47. The molecular formula is C21H16N4O2S. The number of ketones is 1. The van der Waals surface area contributed by atoms with Gasteiger partial charge < -0.3 is 0 Å². The Morgan fingerprint density at radius 1 is 0.964 bits per heavy atom. The molecular weight excluding hydrogens is 372 g/mol. The molecule has 0 spiro atoms. The second kappa shape index (κ2) is 7.58.